The maximum atomic E-state index is 14.0. The topological polar surface area (TPSA) is 38.3 Å². The lowest BCUT2D eigenvalue weighted by Crippen LogP contribution is -2.18. The average molecular weight is 436 g/mol. The van der Waals surface area contributed by atoms with Gasteiger partial charge in [0.25, 0.3) is 0 Å². The van der Waals surface area contributed by atoms with Crippen LogP contribution in [0, 0.1) is 18.2 Å². The molecule has 0 radical (unpaired) electrons. The number of hydrogen-bond donors (Lipinski definition) is 1. The molecule has 0 aliphatic heterocycles. The van der Waals surface area contributed by atoms with Crippen LogP contribution in [0.1, 0.15) is 22.6 Å². The molecule has 138 valence electrons. The first-order valence-electron chi connectivity index (χ1n) is 8.66. The number of terminal acetylenes is 1. The second-order valence-corrected chi connectivity index (χ2v) is 7.32. The third-order valence-corrected chi connectivity index (χ3v) is 5.24. The molecule has 0 spiro atoms. The van der Waals surface area contributed by atoms with Gasteiger partial charge in [0, 0.05) is 10.4 Å². The average Bonchev–Trinajstić information content (AvgIpc) is 3.00. The maximum Gasteiger partial charge on any atom is 0.411 e. The highest BCUT2D eigenvalue weighted by Gasteiger charge is 2.29. The van der Waals surface area contributed by atoms with E-state index in [2.05, 4.69) is 39.3 Å². The fourth-order valence-electron chi connectivity index (χ4n) is 3.56. The summed E-state index contributed by atoms with van der Waals surface area (Å²) in [6, 6.07) is 18.9. The third-order valence-electron chi connectivity index (χ3n) is 4.78. The van der Waals surface area contributed by atoms with Crippen LogP contribution in [-0.2, 0) is 4.74 Å². The second-order valence-electron chi connectivity index (χ2n) is 6.41. The Hall–Kier alpha value is -3.10. The zero-order valence-corrected chi connectivity index (χ0v) is 16.3. The molecule has 0 aromatic heterocycles. The van der Waals surface area contributed by atoms with Gasteiger partial charge in [0.15, 0.2) is 0 Å². The molecule has 3 aromatic carbocycles. The van der Waals surface area contributed by atoms with Gasteiger partial charge in [-0.3, -0.25) is 5.32 Å². The highest BCUT2D eigenvalue weighted by atomic mass is 79.9. The van der Waals surface area contributed by atoms with Crippen molar-refractivity contribution in [3.8, 4) is 23.5 Å². The molecule has 0 saturated carbocycles. The number of benzene rings is 3. The molecule has 0 fully saturated rings. The quantitative estimate of drug-likeness (QED) is 0.517. The number of hydrogen-bond acceptors (Lipinski definition) is 2. The summed E-state index contributed by atoms with van der Waals surface area (Å²) >= 11 is 3.19. The summed E-state index contributed by atoms with van der Waals surface area (Å²) in [5.41, 5.74) is 4.71. The molecular weight excluding hydrogens is 421 g/mol. The van der Waals surface area contributed by atoms with Crippen molar-refractivity contribution in [1.82, 2.24) is 0 Å². The molecule has 1 N–H and O–H groups in total. The number of carbonyl (C=O) groups excluding carboxylic acids is 1. The van der Waals surface area contributed by atoms with Gasteiger partial charge in [-0.15, -0.1) is 6.42 Å². The summed E-state index contributed by atoms with van der Waals surface area (Å²) in [6.07, 6.45) is 4.68. The van der Waals surface area contributed by atoms with Crippen LogP contribution in [0.3, 0.4) is 0 Å². The number of carbonyl (C=O) groups is 1. The number of rotatable bonds is 3. The molecule has 0 atom stereocenters. The van der Waals surface area contributed by atoms with Crippen LogP contribution in [0.15, 0.2) is 65.1 Å². The molecule has 5 heteroatoms. The Kier molecular flexibility index (Phi) is 4.89. The van der Waals surface area contributed by atoms with E-state index in [1.807, 2.05) is 36.4 Å². The van der Waals surface area contributed by atoms with Crippen molar-refractivity contribution in [2.75, 3.05) is 11.9 Å². The van der Waals surface area contributed by atoms with Crippen LogP contribution in [0.4, 0.5) is 14.9 Å². The standard InChI is InChI=1S/C23H15BrFNO2/c1-2-15-21(25)11-14(24)12-22(15)26-23(27)28-13-20-18-9-5-3-7-16(18)17-8-4-6-10-19(17)20/h1,3-12,20H,13H2,(H,26,27). The Morgan fingerprint density at radius 1 is 1.11 bits per heavy atom. The summed E-state index contributed by atoms with van der Waals surface area (Å²) in [4.78, 5) is 12.3. The molecule has 0 heterocycles. The largest absolute Gasteiger partial charge is 0.448 e. The van der Waals surface area contributed by atoms with Crippen molar-refractivity contribution < 1.29 is 13.9 Å². The number of fused-ring (bicyclic) bond motifs is 3. The van der Waals surface area contributed by atoms with Gasteiger partial charge in [-0.25, -0.2) is 9.18 Å². The summed E-state index contributed by atoms with van der Waals surface area (Å²) in [6.45, 7) is 0.168. The monoisotopic (exact) mass is 435 g/mol. The van der Waals surface area contributed by atoms with E-state index in [4.69, 9.17) is 11.2 Å². The van der Waals surface area contributed by atoms with Gasteiger partial charge in [-0.1, -0.05) is 70.4 Å². The Morgan fingerprint density at radius 3 is 2.32 bits per heavy atom. The molecule has 3 nitrogen and oxygen atoms in total. The van der Waals surface area contributed by atoms with Crippen LogP contribution in [0.2, 0.25) is 0 Å². The summed E-state index contributed by atoms with van der Waals surface area (Å²) in [5.74, 6) is 1.61. The number of halogens is 2. The minimum absolute atomic E-state index is 0.0169. The Bertz CT molecular complexity index is 1070. The fraction of sp³-hybridized carbons (Fsp3) is 0.0870. The molecule has 1 aliphatic rings. The van der Waals surface area contributed by atoms with Gasteiger partial charge in [-0.2, -0.15) is 0 Å². The molecule has 0 saturated heterocycles. The third kappa shape index (κ3) is 3.28. The molecule has 1 aliphatic carbocycles. The molecule has 28 heavy (non-hydrogen) atoms. The van der Waals surface area contributed by atoms with Gasteiger partial charge in [-0.05, 0) is 34.4 Å². The van der Waals surface area contributed by atoms with E-state index in [9.17, 15) is 9.18 Å². The minimum Gasteiger partial charge on any atom is -0.448 e. The van der Waals surface area contributed by atoms with Crippen LogP contribution >= 0.6 is 15.9 Å². The molecule has 0 unspecified atom stereocenters. The number of amides is 1. The zero-order chi connectivity index (χ0) is 19.7. The van der Waals surface area contributed by atoms with Crippen molar-refractivity contribution in [2.45, 2.75) is 5.92 Å². The van der Waals surface area contributed by atoms with Crippen molar-refractivity contribution in [3.63, 3.8) is 0 Å². The summed E-state index contributed by atoms with van der Waals surface area (Å²) in [5, 5.41) is 2.54. The van der Waals surface area contributed by atoms with E-state index in [1.54, 1.807) is 6.07 Å². The first kappa shape index (κ1) is 18.3. The van der Waals surface area contributed by atoms with Crippen LogP contribution in [0.25, 0.3) is 11.1 Å². The Morgan fingerprint density at radius 2 is 1.71 bits per heavy atom. The molecule has 0 bridgehead atoms. The summed E-state index contributed by atoms with van der Waals surface area (Å²) in [7, 11) is 0. The predicted octanol–water partition coefficient (Wildman–Crippen LogP) is 5.93. The lowest BCUT2D eigenvalue weighted by Gasteiger charge is -2.15. The first-order chi connectivity index (χ1) is 13.6. The SMILES string of the molecule is C#Cc1c(F)cc(Br)cc1NC(=O)OCC1c2ccccc2-c2ccccc21. The summed E-state index contributed by atoms with van der Waals surface area (Å²) < 4.78 is 19.9. The van der Waals surface area contributed by atoms with Crippen molar-refractivity contribution >= 4 is 27.7 Å². The van der Waals surface area contributed by atoms with Crippen LogP contribution in [0.5, 0.6) is 0 Å². The van der Waals surface area contributed by atoms with E-state index < -0.39 is 11.9 Å². The van der Waals surface area contributed by atoms with E-state index in [1.165, 1.54) is 6.07 Å². The van der Waals surface area contributed by atoms with E-state index in [0.29, 0.717) is 4.47 Å². The first-order valence-corrected chi connectivity index (χ1v) is 9.45. The Balaban J connectivity index is 1.53. The molecule has 3 aromatic rings. The predicted molar refractivity (Wildman–Crippen MR) is 111 cm³/mol. The molecular formula is C23H15BrFNO2. The van der Waals surface area contributed by atoms with Crippen LogP contribution in [-0.4, -0.2) is 12.7 Å². The van der Waals surface area contributed by atoms with Gasteiger partial charge in [0.05, 0.1) is 11.3 Å². The van der Waals surface area contributed by atoms with Crippen molar-refractivity contribution in [2.24, 2.45) is 0 Å². The molecule has 4 rings (SSSR count). The smallest absolute Gasteiger partial charge is 0.411 e. The van der Waals surface area contributed by atoms with Crippen molar-refractivity contribution in [3.05, 3.63) is 87.6 Å². The second kappa shape index (κ2) is 7.49. The van der Waals surface area contributed by atoms with E-state index in [0.717, 1.165) is 22.3 Å². The van der Waals surface area contributed by atoms with E-state index >= 15 is 0 Å². The fourth-order valence-corrected chi connectivity index (χ4v) is 3.99. The van der Waals surface area contributed by atoms with E-state index in [-0.39, 0.29) is 23.8 Å². The number of ether oxygens (including phenoxy) is 1. The molecule has 1 amide bonds. The lowest BCUT2D eigenvalue weighted by molar-refractivity contribution is 0.158. The van der Waals surface area contributed by atoms with Gasteiger partial charge in [0.2, 0.25) is 0 Å². The van der Waals surface area contributed by atoms with Gasteiger partial charge < -0.3 is 4.74 Å². The van der Waals surface area contributed by atoms with Gasteiger partial charge >= 0.3 is 6.09 Å². The Labute approximate surface area is 170 Å². The highest BCUT2D eigenvalue weighted by molar-refractivity contribution is 9.10. The van der Waals surface area contributed by atoms with Crippen molar-refractivity contribution in [1.29, 1.82) is 0 Å². The zero-order valence-electron chi connectivity index (χ0n) is 14.7. The van der Waals surface area contributed by atoms with Gasteiger partial charge in [0.1, 0.15) is 12.4 Å². The number of nitrogens with one attached hydrogen (secondary N) is 1. The minimum atomic E-state index is -0.684. The lowest BCUT2D eigenvalue weighted by atomic mass is 9.98. The normalized spacial score (nSPS) is 12.0. The number of anilines is 1. The highest BCUT2D eigenvalue weighted by Crippen LogP contribution is 2.44. The maximum absolute atomic E-state index is 14.0. The van der Waals surface area contributed by atoms with Crippen LogP contribution < -0.4 is 5.32 Å².